The van der Waals surface area contributed by atoms with Crippen molar-refractivity contribution >= 4 is 0 Å². The fourth-order valence-electron chi connectivity index (χ4n) is 3.61. The second kappa shape index (κ2) is 7.13. The van der Waals surface area contributed by atoms with Crippen LogP contribution in [0.2, 0.25) is 0 Å². The van der Waals surface area contributed by atoms with Gasteiger partial charge in [0.05, 0.1) is 6.10 Å². The van der Waals surface area contributed by atoms with Crippen molar-refractivity contribution in [2.75, 3.05) is 0 Å². The maximum atomic E-state index is 9.57. The van der Waals surface area contributed by atoms with Gasteiger partial charge in [-0.05, 0) is 49.9 Å². The third-order valence-electron chi connectivity index (χ3n) is 4.91. The summed E-state index contributed by atoms with van der Waals surface area (Å²) in [5.41, 5.74) is 2.10. The largest absolute Gasteiger partial charge is 0.389 e. The van der Waals surface area contributed by atoms with Gasteiger partial charge in [-0.25, -0.2) is 0 Å². The lowest BCUT2D eigenvalue weighted by molar-refractivity contribution is 0.206. The van der Waals surface area contributed by atoms with E-state index in [1.165, 1.54) is 25.7 Å². The number of hydrogen-bond donors (Lipinski definition) is 1. The lowest BCUT2D eigenvalue weighted by Gasteiger charge is -2.37. The lowest BCUT2D eigenvalue weighted by Crippen LogP contribution is -2.27. The second-order valence-corrected chi connectivity index (χ2v) is 5.52. The average molecular weight is 250 g/mol. The molecule has 0 saturated carbocycles. The monoisotopic (exact) mass is 250 g/mol. The van der Waals surface area contributed by atoms with Gasteiger partial charge in [0.25, 0.3) is 0 Å². The van der Waals surface area contributed by atoms with Crippen molar-refractivity contribution in [1.82, 2.24) is 0 Å². The highest BCUT2D eigenvalue weighted by Crippen LogP contribution is 2.51. The Hall–Kier alpha value is -0.560. The molecule has 0 aromatic rings. The maximum absolute atomic E-state index is 9.57. The van der Waals surface area contributed by atoms with Crippen molar-refractivity contribution in [2.45, 2.75) is 72.3 Å². The molecule has 0 saturated heterocycles. The number of hydrogen-bond acceptors (Lipinski definition) is 1. The second-order valence-electron chi connectivity index (χ2n) is 5.52. The lowest BCUT2D eigenvalue weighted by atomic mass is 9.68. The molecule has 104 valence electrons. The standard InChI is InChI=1S/C17H30O/c1-5-14-12-13-15(17(14,7-3)8-4)10-9-11-16(18)6-2/h9,11-12,15-16,18H,5-8,10,13H2,1-4H3/b11-9+. The van der Waals surface area contributed by atoms with E-state index in [9.17, 15) is 5.11 Å². The quantitative estimate of drug-likeness (QED) is 0.639. The predicted octanol–water partition coefficient (Wildman–Crippen LogP) is 4.87. The van der Waals surface area contributed by atoms with E-state index in [4.69, 9.17) is 0 Å². The molecule has 1 rings (SSSR count). The van der Waals surface area contributed by atoms with E-state index in [0.717, 1.165) is 18.8 Å². The van der Waals surface area contributed by atoms with Crippen LogP contribution in [0.5, 0.6) is 0 Å². The molecule has 0 spiro atoms. The number of aliphatic hydroxyl groups is 1. The number of rotatable bonds is 7. The molecule has 1 nitrogen and oxygen atoms in total. The SMILES string of the molecule is CCC1=CCC(C/C=C/C(O)CC)C1(CC)CC. The number of aliphatic hydroxyl groups excluding tert-OH is 1. The van der Waals surface area contributed by atoms with Crippen LogP contribution in [0.25, 0.3) is 0 Å². The minimum atomic E-state index is -0.261. The predicted molar refractivity (Wildman–Crippen MR) is 79.6 cm³/mol. The van der Waals surface area contributed by atoms with Gasteiger partial charge in [0.1, 0.15) is 0 Å². The van der Waals surface area contributed by atoms with Gasteiger partial charge in [-0.1, -0.05) is 51.5 Å². The van der Waals surface area contributed by atoms with E-state index >= 15 is 0 Å². The van der Waals surface area contributed by atoms with Crippen LogP contribution in [0, 0.1) is 11.3 Å². The third kappa shape index (κ3) is 3.06. The zero-order valence-electron chi connectivity index (χ0n) is 12.6. The molecule has 1 aliphatic rings. The first-order valence-electron chi connectivity index (χ1n) is 7.68. The highest BCUT2D eigenvalue weighted by molar-refractivity contribution is 5.23. The topological polar surface area (TPSA) is 20.2 Å². The first kappa shape index (κ1) is 15.5. The molecule has 1 heteroatoms. The van der Waals surface area contributed by atoms with Crippen molar-refractivity contribution in [3.05, 3.63) is 23.8 Å². The smallest absolute Gasteiger partial charge is 0.0718 e. The van der Waals surface area contributed by atoms with Crippen molar-refractivity contribution in [3.8, 4) is 0 Å². The Morgan fingerprint density at radius 2 is 2.00 bits per heavy atom. The van der Waals surface area contributed by atoms with Crippen LogP contribution >= 0.6 is 0 Å². The van der Waals surface area contributed by atoms with Gasteiger partial charge in [0.15, 0.2) is 0 Å². The van der Waals surface area contributed by atoms with Gasteiger partial charge in [-0.3, -0.25) is 0 Å². The first-order chi connectivity index (χ1) is 8.64. The van der Waals surface area contributed by atoms with Gasteiger partial charge in [0, 0.05) is 0 Å². The molecule has 1 N–H and O–H groups in total. The van der Waals surface area contributed by atoms with E-state index in [1.807, 2.05) is 13.0 Å². The van der Waals surface area contributed by atoms with Crippen LogP contribution in [0.3, 0.4) is 0 Å². The third-order valence-corrected chi connectivity index (χ3v) is 4.91. The first-order valence-corrected chi connectivity index (χ1v) is 7.68. The Kier molecular flexibility index (Phi) is 6.14. The van der Waals surface area contributed by atoms with Gasteiger partial charge < -0.3 is 5.11 Å². The van der Waals surface area contributed by atoms with E-state index in [-0.39, 0.29) is 6.10 Å². The van der Waals surface area contributed by atoms with E-state index in [1.54, 1.807) is 5.57 Å². The summed E-state index contributed by atoms with van der Waals surface area (Å²) in [5.74, 6) is 0.739. The van der Waals surface area contributed by atoms with Gasteiger partial charge >= 0.3 is 0 Å². The van der Waals surface area contributed by atoms with Crippen LogP contribution < -0.4 is 0 Å². The van der Waals surface area contributed by atoms with Crippen LogP contribution in [-0.2, 0) is 0 Å². The summed E-state index contributed by atoms with van der Waals surface area (Å²) in [5, 5.41) is 9.57. The Morgan fingerprint density at radius 3 is 2.50 bits per heavy atom. The van der Waals surface area contributed by atoms with Crippen LogP contribution in [0.4, 0.5) is 0 Å². The summed E-state index contributed by atoms with van der Waals surface area (Å²) >= 11 is 0. The van der Waals surface area contributed by atoms with E-state index in [0.29, 0.717) is 5.41 Å². The maximum Gasteiger partial charge on any atom is 0.0718 e. The van der Waals surface area contributed by atoms with Gasteiger partial charge in [-0.15, -0.1) is 0 Å². The Morgan fingerprint density at radius 1 is 1.33 bits per heavy atom. The normalized spacial score (nSPS) is 24.5. The molecule has 18 heavy (non-hydrogen) atoms. The summed E-state index contributed by atoms with van der Waals surface area (Å²) in [7, 11) is 0. The minimum absolute atomic E-state index is 0.261. The van der Waals surface area contributed by atoms with Crippen molar-refractivity contribution in [1.29, 1.82) is 0 Å². The summed E-state index contributed by atoms with van der Waals surface area (Å²) in [6.07, 6.45) is 13.2. The molecular weight excluding hydrogens is 220 g/mol. The average Bonchev–Trinajstić information content (AvgIpc) is 2.76. The van der Waals surface area contributed by atoms with Crippen LogP contribution in [0.15, 0.2) is 23.8 Å². The van der Waals surface area contributed by atoms with Gasteiger partial charge in [0.2, 0.25) is 0 Å². The Labute approximate surface area is 113 Å². The van der Waals surface area contributed by atoms with Crippen molar-refractivity contribution in [2.24, 2.45) is 11.3 Å². The molecular formula is C17H30O. The van der Waals surface area contributed by atoms with Crippen LogP contribution in [-0.4, -0.2) is 11.2 Å². The van der Waals surface area contributed by atoms with Crippen LogP contribution in [0.1, 0.15) is 66.2 Å². The molecule has 0 amide bonds. The molecule has 2 atom stereocenters. The fourth-order valence-corrected chi connectivity index (χ4v) is 3.61. The minimum Gasteiger partial charge on any atom is -0.389 e. The summed E-state index contributed by atoms with van der Waals surface area (Å²) in [4.78, 5) is 0. The van der Waals surface area contributed by atoms with Crippen molar-refractivity contribution < 1.29 is 5.11 Å². The zero-order chi connectivity index (χ0) is 13.6. The zero-order valence-corrected chi connectivity index (χ0v) is 12.6. The van der Waals surface area contributed by atoms with Gasteiger partial charge in [-0.2, -0.15) is 0 Å². The molecule has 0 aromatic carbocycles. The molecule has 0 aromatic heterocycles. The Balaban J connectivity index is 2.70. The fraction of sp³-hybridized carbons (Fsp3) is 0.765. The molecule has 0 aliphatic heterocycles. The van der Waals surface area contributed by atoms with E-state index < -0.39 is 0 Å². The summed E-state index contributed by atoms with van der Waals surface area (Å²) < 4.78 is 0. The molecule has 0 radical (unpaired) electrons. The molecule has 0 heterocycles. The van der Waals surface area contributed by atoms with E-state index in [2.05, 4.69) is 32.9 Å². The highest BCUT2D eigenvalue weighted by atomic mass is 16.3. The number of allylic oxidation sites excluding steroid dienone is 3. The molecule has 0 fully saturated rings. The molecule has 1 aliphatic carbocycles. The Bertz CT molecular complexity index is 297. The summed E-state index contributed by atoms with van der Waals surface area (Å²) in [6.45, 7) is 8.96. The molecule has 2 unspecified atom stereocenters. The summed E-state index contributed by atoms with van der Waals surface area (Å²) in [6, 6.07) is 0. The molecule has 0 bridgehead atoms. The van der Waals surface area contributed by atoms with Crippen molar-refractivity contribution in [3.63, 3.8) is 0 Å². The highest BCUT2D eigenvalue weighted by Gasteiger charge is 2.40.